The second-order valence-electron chi connectivity index (χ2n) is 4.08. The summed E-state index contributed by atoms with van der Waals surface area (Å²) in [7, 11) is 0. The molecule has 4 nitrogen and oxygen atoms in total. The number of rotatable bonds is 5. The normalized spacial score (nSPS) is 10.4. The fourth-order valence-corrected chi connectivity index (χ4v) is 1.86. The van der Waals surface area contributed by atoms with Crippen molar-refractivity contribution in [2.75, 3.05) is 12.4 Å². The fraction of sp³-hybridized carbons (Fsp3) is 0.143. The molecule has 5 heteroatoms. The average molecular weight is 275 g/mol. The molecule has 98 valence electrons. The fourth-order valence-electron chi connectivity index (χ4n) is 1.77. The van der Waals surface area contributed by atoms with E-state index in [1.807, 2.05) is 6.07 Å². The van der Waals surface area contributed by atoms with E-state index in [9.17, 15) is 10.1 Å². The van der Waals surface area contributed by atoms with E-state index in [1.54, 1.807) is 24.3 Å². The van der Waals surface area contributed by atoms with Gasteiger partial charge < -0.3 is 4.74 Å². The standard InChI is InChI=1S/C14H13NO3S/c1-10(9-19)8-18-14-7-6-13(15(16)17)11-4-2-3-5-12(11)14/h2-7,19H,1,8-9H2. The van der Waals surface area contributed by atoms with E-state index in [-0.39, 0.29) is 5.69 Å². The Balaban J connectivity index is 2.44. The number of ether oxygens (including phenoxy) is 1. The number of nitrogens with zero attached hydrogens (tertiary/aromatic N) is 1. The van der Waals surface area contributed by atoms with Gasteiger partial charge in [-0.05, 0) is 17.7 Å². The minimum absolute atomic E-state index is 0.0796. The summed E-state index contributed by atoms with van der Waals surface area (Å²) in [6.07, 6.45) is 0. The smallest absolute Gasteiger partial charge is 0.277 e. The third-order valence-corrected chi connectivity index (χ3v) is 3.16. The number of thiol groups is 1. The van der Waals surface area contributed by atoms with Gasteiger partial charge in [-0.25, -0.2) is 0 Å². The molecule has 0 aliphatic heterocycles. The lowest BCUT2D eigenvalue weighted by molar-refractivity contribution is -0.383. The van der Waals surface area contributed by atoms with E-state index in [2.05, 4.69) is 19.2 Å². The third kappa shape index (κ3) is 2.88. The molecule has 2 aromatic carbocycles. The van der Waals surface area contributed by atoms with Crippen molar-refractivity contribution in [3.05, 3.63) is 58.7 Å². The van der Waals surface area contributed by atoms with Crippen molar-refractivity contribution in [1.82, 2.24) is 0 Å². The van der Waals surface area contributed by atoms with E-state index < -0.39 is 4.92 Å². The van der Waals surface area contributed by atoms with Crippen LogP contribution in [-0.2, 0) is 0 Å². The average Bonchev–Trinajstić information content (AvgIpc) is 2.43. The molecular weight excluding hydrogens is 262 g/mol. The van der Waals surface area contributed by atoms with Crippen LogP contribution in [0.2, 0.25) is 0 Å². The molecule has 0 N–H and O–H groups in total. The van der Waals surface area contributed by atoms with Crippen molar-refractivity contribution in [3.63, 3.8) is 0 Å². The molecule has 0 spiro atoms. The molecule has 0 atom stereocenters. The van der Waals surface area contributed by atoms with Crippen LogP contribution in [0.1, 0.15) is 0 Å². The zero-order valence-corrected chi connectivity index (χ0v) is 11.1. The van der Waals surface area contributed by atoms with Gasteiger partial charge in [0.15, 0.2) is 0 Å². The van der Waals surface area contributed by atoms with Gasteiger partial charge in [-0.1, -0.05) is 24.8 Å². The van der Waals surface area contributed by atoms with Crippen molar-refractivity contribution in [1.29, 1.82) is 0 Å². The second-order valence-corrected chi connectivity index (χ2v) is 4.40. The molecule has 0 aromatic heterocycles. The first-order valence-electron chi connectivity index (χ1n) is 5.70. The lowest BCUT2D eigenvalue weighted by Gasteiger charge is -2.10. The molecule has 0 saturated carbocycles. The first-order valence-corrected chi connectivity index (χ1v) is 6.33. The van der Waals surface area contributed by atoms with Crippen molar-refractivity contribution in [3.8, 4) is 5.75 Å². The van der Waals surface area contributed by atoms with Crippen LogP contribution in [-0.4, -0.2) is 17.3 Å². The van der Waals surface area contributed by atoms with E-state index in [1.165, 1.54) is 6.07 Å². The van der Waals surface area contributed by atoms with Gasteiger partial charge in [0.05, 0.1) is 10.3 Å². The number of hydrogen-bond acceptors (Lipinski definition) is 4. The van der Waals surface area contributed by atoms with Gasteiger partial charge >= 0.3 is 0 Å². The van der Waals surface area contributed by atoms with Crippen LogP contribution in [0, 0.1) is 10.1 Å². The highest BCUT2D eigenvalue weighted by molar-refractivity contribution is 7.80. The summed E-state index contributed by atoms with van der Waals surface area (Å²) >= 11 is 4.11. The van der Waals surface area contributed by atoms with Crippen LogP contribution in [0.15, 0.2) is 48.6 Å². The number of benzene rings is 2. The highest BCUT2D eigenvalue weighted by atomic mass is 32.1. The molecule has 2 rings (SSSR count). The SMILES string of the molecule is C=C(CS)COc1ccc([N+](=O)[O-])c2ccccc12. The molecule has 0 aliphatic carbocycles. The maximum absolute atomic E-state index is 11.0. The van der Waals surface area contributed by atoms with E-state index in [0.717, 1.165) is 11.0 Å². The molecular formula is C14H13NO3S. The summed E-state index contributed by atoms with van der Waals surface area (Å²) < 4.78 is 5.64. The van der Waals surface area contributed by atoms with E-state index >= 15 is 0 Å². The molecule has 2 aromatic rings. The summed E-state index contributed by atoms with van der Waals surface area (Å²) in [4.78, 5) is 10.6. The van der Waals surface area contributed by atoms with Crippen LogP contribution in [0.3, 0.4) is 0 Å². The van der Waals surface area contributed by atoms with Crippen LogP contribution in [0.25, 0.3) is 10.8 Å². The molecule has 0 amide bonds. The number of fused-ring (bicyclic) bond motifs is 1. The first kappa shape index (κ1) is 13.4. The van der Waals surface area contributed by atoms with Gasteiger partial charge in [0.2, 0.25) is 0 Å². The van der Waals surface area contributed by atoms with Crippen molar-refractivity contribution < 1.29 is 9.66 Å². The molecule has 0 aliphatic rings. The minimum atomic E-state index is -0.390. The Morgan fingerprint density at radius 3 is 2.58 bits per heavy atom. The topological polar surface area (TPSA) is 52.4 Å². The quantitative estimate of drug-likeness (QED) is 0.392. The highest BCUT2D eigenvalue weighted by Gasteiger charge is 2.14. The summed E-state index contributed by atoms with van der Waals surface area (Å²) in [5, 5.41) is 12.3. The number of non-ortho nitro benzene ring substituents is 1. The van der Waals surface area contributed by atoms with Gasteiger partial charge in [0, 0.05) is 17.2 Å². The molecule has 19 heavy (non-hydrogen) atoms. The van der Waals surface area contributed by atoms with Crippen LogP contribution in [0.4, 0.5) is 5.69 Å². The third-order valence-electron chi connectivity index (χ3n) is 2.71. The van der Waals surface area contributed by atoms with E-state index in [0.29, 0.717) is 23.5 Å². The highest BCUT2D eigenvalue weighted by Crippen LogP contribution is 2.32. The van der Waals surface area contributed by atoms with Crippen LogP contribution < -0.4 is 4.74 Å². The number of nitro groups is 1. The lowest BCUT2D eigenvalue weighted by atomic mass is 10.1. The Hall–Kier alpha value is -2.01. The zero-order valence-electron chi connectivity index (χ0n) is 10.2. The maximum atomic E-state index is 11.0. The largest absolute Gasteiger partial charge is 0.489 e. The Morgan fingerprint density at radius 2 is 1.95 bits per heavy atom. The van der Waals surface area contributed by atoms with Crippen LogP contribution >= 0.6 is 12.6 Å². The van der Waals surface area contributed by atoms with E-state index in [4.69, 9.17) is 4.74 Å². The lowest BCUT2D eigenvalue weighted by Crippen LogP contribution is -2.02. The van der Waals surface area contributed by atoms with Gasteiger partial charge in [-0.2, -0.15) is 12.6 Å². The summed E-state index contributed by atoms with van der Waals surface area (Å²) in [5.74, 6) is 1.16. The molecule has 0 radical (unpaired) electrons. The minimum Gasteiger partial charge on any atom is -0.489 e. The molecule has 0 bridgehead atoms. The predicted octanol–water partition coefficient (Wildman–Crippen LogP) is 3.61. The summed E-state index contributed by atoms with van der Waals surface area (Å²) in [6, 6.07) is 10.2. The Labute approximate surface area is 116 Å². The number of nitro benzene ring substituents is 1. The van der Waals surface area contributed by atoms with Crippen molar-refractivity contribution in [2.45, 2.75) is 0 Å². The van der Waals surface area contributed by atoms with Crippen LogP contribution in [0.5, 0.6) is 5.75 Å². The summed E-state index contributed by atoms with van der Waals surface area (Å²) in [5.41, 5.74) is 0.932. The zero-order chi connectivity index (χ0) is 13.8. The van der Waals surface area contributed by atoms with Crippen molar-refractivity contribution >= 4 is 29.1 Å². The van der Waals surface area contributed by atoms with Gasteiger partial charge in [-0.3, -0.25) is 10.1 Å². The van der Waals surface area contributed by atoms with Gasteiger partial charge in [0.1, 0.15) is 12.4 Å². The maximum Gasteiger partial charge on any atom is 0.277 e. The summed E-state index contributed by atoms with van der Waals surface area (Å²) in [6.45, 7) is 4.16. The number of hydrogen-bond donors (Lipinski definition) is 1. The second kappa shape index (κ2) is 5.75. The molecule has 0 unspecified atom stereocenters. The molecule has 0 fully saturated rings. The Morgan fingerprint density at radius 1 is 1.26 bits per heavy atom. The van der Waals surface area contributed by atoms with Crippen molar-refractivity contribution in [2.24, 2.45) is 0 Å². The first-order chi connectivity index (χ1) is 9.13. The Kier molecular flexibility index (Phi) is 4.06. The van der Waals surface area contributed by atoms with Gasteiger partial charge in [0.25, 0.3) is 5.69 Å². The Bertz CT molecular complexity index is 640. The monoisotopic (exact) mass is 275 g/mol. The predicted molar refractivity (Wildman–Crippen MR) is 79.1 cm³/mol. The van der Waals surface area contributed by atoms with Gasteiger partial charge in [-0.15, -0.1) is 0 Å². The molecule has 0 saturated heterocycles. The molecule has 0 heterocycles.